The normalized spacial score (nSPS) is 12.2. The Balaban J connectivity index is 2.11. The molecule has 1 heteroatoms. The summed E-state index contributed by atoms with van der Waals surface area (Å²) in [6.07, 6.45) is 1.09. The third-order valence-electron chi connectivity index (χ3n) is 3.40. The van der Waals surface area contributed by atoms with Crippen LogP contribution in [0.25, 0.3) is 0 Å². The van der Waals surface area contributed by atoms with E-state index >= 15 is 0 Å². The zero-order valence-corrected chi connectivity index (χ0v) is 11.4. The number of benzene rings is 2. The van der Waals surface area contributed by atoms with E-state index in [-0.39, 0.29) is 0 Å². The van der Waals surface area contributed by atoms with Crippen molar-refractivity contribution in [3.05, 3.63) is 65.2 Å². The van der Waals surface area contributed by atoms with Gasteiger partial charge in [-0.1, -0.05) is 43.3 Å². The van der Waals surface area contributed by atoms with E-state index in [1.165, 1.54) is 22.4 Å². The summed E-state index contributed by atoms with van der Waals surface area (Å²) in [5.74, 6) is 0. The Labute approximate surface area is 110 Å². The number of aryl methyl sites for hydroxylation is 2. The van der Waals surface area contributed by atoms with E-state index in [0.717, 1.165) is 6.42 Å². The first-order valence-electron chi connectivity index (χ1n) is 6.61. The zero-order valence-electron chi connectivity index (χ0n) is 11.4. The highest BCUT2D eigenvalue weighted by Crippen LogP contribution is 2.22. The van der Waals surface area contributed by atoms with Crippen LogP contribution in [0.2, 0.25) is 0 Å². The van der Waals surface area contributed by atoms with Gasteiger partial charge in [-0.15, -0.1) is 0 Å². The van der Waals surface area contributed by atoms with Gasteiger partial charge in [-0.3, -0.25) is 0 Å². The molecule has 18 heavy (non-hydrogen) atoms. The Morgan fingerprint density at radius 3 is 2.28 bits per heavy atom. The summed E-state index contributed by atoms with van der Waals surface area (Å²) in [4.78, 5) is 0. The maximum atomic E-state index is 3.55. The highest BCUT2D eigenvalue weighted by atomic mass is 14.9. The smallest absolute Gasteiger partial charge is 0.0488 e. The van der Waals surface area contributed by atoms with Gasteiger partial charge in [0.1, 0.15) is 0 Å². The number of nitrogens with one attached hydrogen (secondary N) is 1. The topological polar surface area (TPSA) is 12.0 Å². The maximum absolute atomic E-state index is 3.55. The van der Waals surface area contributed by atoms with Gasteiger partial charge in [0.2, 0.25) is 0 Å². The standard InChI is InChI=1S/C17H21N/c1-4-15-9-11-16(12-10-15)18-14(3)17-8-6-5-7-13(17)2/h5-12,14,18H,4H2,1-3H3. The Hall–Kier alpha value is -1.76. The molecular formula is C17H21N. The molecule has 94 valence electrons. The van der Waals surface area contributed by atoms with Crippen LogP contribution in [0.5, 0.6) is 0 Å². The molecule has 0 radical (unpaired) electrons. The van der Waals surface area contributed by atoms with E-state index in [1.807, 2.05) is 0 Å². The molecule has 0 spiro atoms. The molecule has 0 fully saturated rings. The van der Waals surface area contributed by atoms with Crippen LogP contribution in [0.1, 0.15) is 36.6 Å². The lowest BCUT2D eigenvalue weighted by atomic mass is 10.0. The summed E-state index contributed by atoms with van der Waals surface area (Å²) < 4.78 is 0. The van der Waals surface area contributed by atoms with Crippen LogP contribution < -0.4 is 5.32 Å². The van der Waals surface area contributed by atoms with Crippen molar-refractivity contribution in [3.63, 3.8) is 0 Å². The van der Waals surface area contributed by atoms with Crippen molar-refractivity contribution < 1.29 is 0 Å². The van der Waals surface area contributed by atoms with Gasteiger partial charge in [0.15, 0.2) is 0 Å². The van der Waals surface area contributed by atoms with Gasteiger partial charge in [-0.25, -0.2) is 0 Å². The molecule has 1 unspecified atom stereocenters. The second kappa shape index (κ2) is 5.72. The monoisotopic (exact) mass is 239 g/mol. The van der Waals surface area contributed by atoms with Crippen molar-refractivity contribution >= 4 is 5.69 Å². The van der Waals surface area contributed by atoms with Crippen LogP contribution in [0.15, 0.2) is 48.5 Å². The minimum absolute atomic E-state index is 0.332. The molecule has 2 aromatic rings. The van der Waals surface area contributed by atoms with Crippen molar-refractivity contribution in [1.29, 1.82) is 0 Å². The third-order valence-corrected chi connectivity index (χ3v) is 3.40. The fourth-order valence-electron chi connectivity index (χ4n) is 2.24. The van der Waals surface area contributed by atoms with E-state index in [9.17, 15) is 0 Å². The molecule has 0 aliphatic rings. The second-order valence-electron chi connectivity index (χ2n) is 4.77. The SMILES string of the molecule is CCc1ccc(NC(C)c2ccccc2C)cc1. The van der Waals surface area contributed by atoms with Crippen molar-refractivity contribution in [2.75, 3.05) is 5.32 Å². The largest absolute Gasteiger partial charge is 0.379 e. The molecule has 0 aliphatic carbocycles. The number of hydrogen-bond donors (Lipinski definition) is 1. The summed E-state index contributed by atoms with van der Waals surface area (Å²) in [5.41, 5.74) is 5.26. The first kappa shape index (κ1) is 12.7. The number of rotatable bonds is 4. The Morgan fingerprint density at radius 1 is 1.00 bits per heavy atom. The second-order valence-corrected chi connectivity index (χ2v) is 4.77. The minimum Gasteiger partial charge on any atom is -0.379 e. The minimum atomic E-state index is 0.332. The molecular weight excluding hydrogens is 218 g/mol. The van der Waals surface area contributed by atoms with E-state index in [4.69, 9.17) is 0 Å². The predicted molar refractivity (Wildman–Crippen MR) is 79.0 cm³/mol. The van der Waals surface area contributed by atoms with Crippen LogP contribution in [0, 0.1) is 6.92 Å². The first-order valence-corrected chi connectivity index (χ1v) is 6.61. The van der Waals surface area contributed by atoms with Gasteiger partial charge in [0, 0.05) is 11.7 Å². The van der Waals surface area contributed by atoms with E-state index in [1.54, 1.807) is 0 Å². The van der Waals surface area contributed by atoms with Crippen molar-refractivity contribution in [3.8, 4) is 0 Å². The molecule has 0 bridgehead atoms. The van der Waals surface area contributed by atoms with Gasteiger partial charge >= 0.3 is 0 Å². The maximum Gasteiger partial charge on any atom is 0.0488 e. The van der Waals surface area contributed by atoms with Crippen LogP contribution in [-0.4, -0.2) is 0 Å². The molecule has 1 nitrogen and oxygen atoms in total. The van der Waals surface area contributed by atoms with Gasteiger partial charge < -0.3 is 5.32 Å². The van der Waals surface area contributed by atoms with E-state index < -0.39 is 0 Å². The average Bonchev–Trinajstić information content (AvgIpc) is 2.40. The number of anilines is 1. The zero-order chi connectivity index (χ0) is 13.0. The summed E-state index contributed by atoms with van der Waals surface area (Å²) in [6, 6.07) is 17.6. The van der Waals surface area contributed by atoms with Gasteiger partial charge in [-0.05, 0) is 49.1 Å². The van der Waals surface area contributed by atoms with E-state index in [0.29, 0.717) is 6.04 Å². The Morgan fingerprint density at radius 2 is 1.67 bits per heavy atom. The molecule has 2 aromatic carbocycles. The lowest BCUT2D eigenvalue weighted by molar-refractivity contribution is 0.874. The molecule has 1 N–H and O–H groups in total. The molecule has 0 saturated heterocycles. The van der Waals surface area contributed by atoms with Gasteiger partial charge in [0.25, 0.3) is 0 Å². The quantitative estimate of drug-likeness (QED) is 0.813. The molecule has 0 heterocycles. The lowest BCUT2D eigenvalue weighted by Gasteiger charge is -2.18. The fraction of sp³-hybridized carbons (Fsp3) is 0.294. The number of hydrogen-bond acceptors (Lipinski definition) is 1. The van der Waals surface area contributed by atoms with Crippen LogP contribution in [0.3, 0.4) is 0 Å². The molecule has 0 aromatic heterocycles. The fourth-order valence-corrected chi connectivity index (χ4v) is 2.24. The summed E-state index contributed by atoms with van der Waals surface area (Å²) in [5, 5.41) is 3.55. The van der Waals surface area contributed by atoms with E-state index in [2.05, 4.69) is 74.6 Å². The summed E-state index contributed by atoms with van der Waals surface area (Å²) in [7, 11) is 0. The average molecular weight is 239 g/mol. The summed E-state index contributed by atoms with van der Waals surface area (Å²) in [6.45, 7) is 6.54. The highest BCUT2D eigenvalue weighted by Gasteiger charge is 2.07. The molecule has 0 saturated carbocycles. The third kappa shape index (κ3) is 2.92. The first-order chi connectivity index (χ1) is 8.70. The van der Waals surface area contributed by atoms with Crippen LogP contribution >= 0.6 is 0 Å². The highest BCUT2D eigenvalue weighted by molar-refractivity contribution is 5.47. The predicted octanol–water partition coefficient (Wildman–Crippen LogP) is 4.73. The Bertz CT molecular complexity index is 499. The molecule has 0 aliphatic heterocycles. The Kier molecular flexibility index (Phi) is 4.03. The van der Waals surface area contributed by atoms with Crippen molar-refractivity contribution in [2.45, 2.75) is 33.2 Å². The summed E-state index contributed by atoms with van der Waals surface area (Å²) >= 11 is 0. The molecule has 0 amide bonds. The van der Waals surface area contributed by atoms with Crippen LogP contribution in [-0.2, 0) is 6.42 Å². The lowest BCUT2D eigenvalue weighted by Crippen LogP contribution is -2.07. The van der Waals surface area contributed by atoms with Crippen molar-refractivity contribution in [2.24, 2.45) is 0 Å². The van der Waals surface area contributed by atoms with Crippen LogP contribution in [0.4, 0.5) is 5.69 Å². The van der Waals surface area contributed by atoms with Gasteiger partial charge in [-0.2, -0.15) is 0 Å². The molecule has 1 atom stereocenters. The molecule has 2 rings (SSSR count). The van der Waals surface area contributed by atoms with Crippen molar-refractivity contribution in [1.82, 2.24) is 0 Å². The van der Waals surface area contributed by atoms with Gasteiger partial charge in [0.05, 0.1) is 0 Å².